The minimum atomic E-state index is -0.551. The third kappa shape index (κ3) is 1.80. The number of carbonyl (C=O) groups excluding carboxylic acids is 3. The van der Waals surface area contributed by atoms with E-state index >= 15 is 0 Å². The fourth-order valence-corrected chi connectivity index (χ4v) is 2.07. The van der Waals surface area contributed by atoms with Gasteiger partial charge in [-0.3, -0.25) is 14.5 Å². The average Bonchev–Trinajstić information content (AvgIpc) is 2.61. The molecule has 2 amide bonds. The number of hydrogen-bond acceptors (Lipinski definition) is 3. The van der Waals surface area contributed by atoms with E-state index in [1.807, 2.05) is 0 Å². The third-order valence-electron chi connectivity index (χ3n) is 2.82. The van der Waals surface area contributed by atoms with Crippen molar-refractivity contribution in [2.45, 2.75) is 17.8 Å². The van der Waals surface area contributed by atoms with Crippen LogP contribution < -0.4 is 0 Å². The van der Waals surface area contributed by atoms with Gasteiger partial charge in [0.1, 0.15) is 6.29 Å². The first-order valence-electron chi connectivity index (χ1n) is 5.14. The first-order valence-corrected chi connectivity index (χ1v) is 6.05. The highest BCUT2D eigenvalue weighted by Crippen LogP contribution is 2.26. The molecule has 2 rings (SSSR count). The maximum Gasteiger partial charge on any atom is 0.261 e. The number of benzene rings is 1. The zero-order chi connectivity index (χ0) is 12.6. The number of imide groups is 1. The van der Waals surface area contributed by atoms with Crippen LogP contribution >= 0.6 is 15.9 Å². The number of alkyl halides is 1. The molecule has 2 atom stereocenters. The van der Waals surface area contributed by atoms with Crippen molar-refractivity contribution in [3.05, 3.63) is 35.4 Å². The molecule has 17 heavy (non-hydrogen) atoms. The Bertz CT molecular complexity index is 465. The number of rotatable bonds is 3. The van der Waals surface area contributed by atoms with Crippen LogP contribution in [0.15, 0.2) is 24.3 Å². The molecule has 0 bridgehead atoms. The van der Waals surface area contributed by atoms with E-state index < -0.39 is 10.9 Å². The van der Waals surface area contributed by atoms with E-state index in [4.69, 9.17) is 0 Å². The second-order valence-electron chi connectivity index (χ2n) is 3.85. The summed E-state index contributed by atoms with van der Waals surface area (Å²) in [5.74, 6) is -0.686. The summed E-state index contributed by atoms with van der Waals surface area (Å²) in [7, 11) is 0. The molecule has 2 unspecified atom stereocenters. The third-order valence-corrected chi connectivity index (χ3v) is 3.80. The molecule has 0 fully saturated rings. The topological polar surface area (TPSA) is 54.5 Å². The van der Waals surface area contributed by atoms with Crippen molar-refractivity contribution in [1.82, 2.24) is 4.90 Å². The SMILES string of the molecule is CC(C(Br)C=O)N1C(=O)c2ccccc2C1=O. The van der Waals surface area contributed by atoms with E-state index in [1.54, 1.807) is 31.2 Å². The molecule has 1 aliphatic heterocycles. The van der Waals surface area contributed by atoms with Gasteiger partial charge < -0.3 is 4.79 Å². The summed E-state index contributed by atoms with van der Waals surface area (Å²) in [4.78, 5) is 35.3. The lowest BCUT2D eigenvalue weighted by Crippen LogP contribution is -2.43. The Kier molecular flexibility index (Phi) is 3.11. The van der Waals surface area contributed by atoms with Crippen molar-refractivity contribution in [3.63, 3.8) is 0 Å². The minimum absolute atomic E-state index is 0.343. The number of hydrogen-bond donors (Lipinski definition) is 0. The zero-order valence-corrected chi connectivity index (χ0v) is 10.7. The van der Waals surface area contributed by atoms with Gasteiger partial charge in [0, 0.05) is 0 Å². The molecule has 0 saturated carbocycles. The summed E-state index contributed by atoms with van der Waals surface area (Å²) in [6, 6.07) is 6.16. The van der Waals surface area contributed by atoms with Crippen LogP contribution in [0.25, 0.3) is 0 Å². The van der Waals surface area contributed by atoms with Gasteiger partial charge in [-0.15, -0.1) is 0 Å². The number of halogens is 1. The van der Waals surface area contributed by atoms with Crippen LogP contribution in [0.1, 0.15) is 27.6 Å². The van der Waals surface area contributed by atoms with Crippen molar-refractivity contribution in [2.75, 3.05) is 0 Å². The van der Waals surface area contributed by atoms with Gasteiger partial charge in [-0.25, -0.2) is 0 Å². The Labute approximate surface area is 107 Å². The molecule has 1 aliphatic rings. The van der Waals surface area contributed by atoms with E-state index in [1.165, 1.54) is 0 Å². The number of amides is 2. The van der Waals surface area contributed by atoms with E-state index in [0.29, 0.717) is 17.4 Å². The highest BCUT2D eigenvalue weighted by atomic mass is 79.9. The van der Waals surface area contributed by atoms with E-state index in [-0.39, 0.29) is 11.8 Å². The number of fused-ring (bicyclic) bond motifs is 1. The Hall–Kier alpha value is -1.49. The van der Waals surface area contributed by atoms with Crippen LogP contribution in [-0.4, -0.2) is 33.9 Å². The smallest absolute Gasteiger partial charge is 0.261 e. The predicted octanol–water partition coefficient (Wildman–Crippen LogP) is 1.63. The van der Waals surface area contributed by atoms with Crippen LogP contribution in [0, 0.1) is 0 Å². The average molecular weight is 296 g/mol. The zero-order valence-electron chi connectivity index (χ0n) is 9.09. The fraction of sp³-hybridized carbons (Fsp3) is 0.250. The Morgan fingerprint density at radius 1 is 1.18 bits per heavy atom. The van der Waals surface area contributed by atoms with Gasteiger partial charge in [-0.2, -0.15) is 0 Å². The normalized spacial score (nSPS) is 17.9. The van der Waals surface area contributed by atoms with Gasteiger partial charge in [-0.05, 0) is 19.1 Å². The summed E-state index contributed by atoms with van der Waals surface area (Å²) < 4.78 is 0. The molecule has 1 heterocycles. The maximum atomic E-state index is 12.0. The monoisotopic (exact) mass is 295 g/mol. The highest BCUT2D eigenvalue weighted by molar-refractivity contribution is 9.10. The van der Waals surface area contributed by atoms with Gasteiger partial charge in [0.15, 0.2) is 0 Å². The van der Waals surface area contributed by atoms with Gasteiger partial charge in [0.25, 0.3) is 11.8 Å². The van der Waals surface area contributed by atoms with Gasteiger partial charge in [-0.1, -0.05) is 28.1 Å². The molecule has 0 N–H and O–H groups in total. The van der Waals surface area contributed by atoms with Gasteiger partial charge in [0.2, 0.25) is 0 Å². The summed E-state index contributed by atoms with van der Waals surface area (Å²) in [6.07, 6.45) is 0.675. The Morgan fingerprint density at radius 3 is 2.06 bits per heavy atom. The van der Waals surface area contributed by atoms with Crippen molar-refractivity contribution in [2.24, 2.45) is 0 Å². The van der Waals surface area contributed by atoms with Gasteiger partial charge >= 0.3 is 0 Å². The van der Waals surface area contributed by atoms with Crippen molar-refractivity contribution >= 4 is 34.0 Å². The van der Waals surface area contributed by atoms with Crippen LogP contribution in [0.3, 0.4) is 0 Å². The summed E-state index contributed by atoms with van der Waals surface area (Å²) >= 11 is 3.14. The van der Waals surface area contributed by atoms with E-state index in [2.05, 4.69) is 15.9 Å². The molecule has 0 spiro atoms. The molecule has 1 aromatic carbocycles. The summed E-state index contributed by atoms with van der Waals surface area (Å²) in [5.41, 5.74) is 0.796. The van der Waals surface area contributed by atoms with E-state index in [9.17, 15) is 14.4 Å². The Balaban J connectivity index is 2.39. The Morgan fingerprint density at radius 2 is 1.65 bits per heavy atom. The van der Waals surface area contributed by atoms with Gasteiger partial charge in [0.05, 0.1) is 22.0 Å². The first-order chi connectivity index (χ1) is 8.07. The quantitative estimate of drug-likeness (QED) is 0.484. The van der Waals surface area contributed by atoms with E-state index in [0.717, 1.165) is 4.90 Å². The molecule has 4 nitrogen and oxygen atoms in total. The second-order valence-corrected chi connectivity index (χ2v) is 4.90. The van der Waals surface area contributed by atoms with Crippen molar-refractivity contribution in [3.8, 4) is 0 Å². The van der Waals surface area contributed by atoms with Crippen LogP contribution in [0.4, 0.5) is 0 Å². The molecule has 5 heteroatoms. The molecular formula is C12H10BrNO3. The van der Waals surface area contributed by atoms with Crippen LogP contribution in [-0.2, 0) is 4.79 Å². The largest absolute Gasteiger partial charge is 0.302 e. The standard InChI is InChI=1S/C12H10BrNO3/c1-7(10(13)6-15)14-11(16)8-4-2-3-5-9(8)12(14)17/h2-7,10H,1H3. The molecule has 88 valence electrons. The lowest BCUT2D eigenvalue weighted by Gasteiger charge is -2.23. The fourth-order valence-electron chi connectivity index (χ4n) is 1.83. The number of carbonyl (C=O) groups is 3. The summed E-state index contributed by atoms with van der Waals surface area (Å²) in [5, 5.41) is 0. The molecule has 1 aromatic rings. The minimum Gasteiger partial charge on any atom is -0.302 e. The van der Waals surface area contributed by atoms with Crippen molar-refractivity contribution in [1.29, 1.82) is 0 Å². The number of aldehydes is 1. The van der Waals surface area contributed by atoms with Crippen LogP contribution in [0.5, 0.6) is 0 Å². The summed E-state index contributed by atoms with van der Waals surface area (Å²) in [6.45, 7) is 1.66. The second kappa shape index (κ2) is 4.41. The molecule has 0 aromatic heterocycles. The highest BCUT2D eigenvalue weighted by Gasteiger charge is 2.39. The predicted molar refractivity (Wildman–Crippen MR) is 65.2 cm³/mol. The lowest BCUT2D eigenvalue weighted by atomic mass is 10.1. The molecule has 0 aliphatic carbocycles. The molecule has 0 saturated heterocycles. The lowest BCUT2D eigenvalue weighted by molar-refractivity contribution is -0.107. The van der Waals surface area contributed by atoms with Crippen LogP contribution in [0.2, 0.25) is 0 Å². The molecule has 0 radical (unpaired) electrons. The maximum absolute atomic E-state index is 12.0. The molecular weight excluding hydrogens is 286 g/mol. The first kappa shape index (κ1) is 12.0. The number of nitrogens with zero attached hydrogens (tertiary/aromatic N) is 1. The van der Waals surface area contributed by atoms with Crippen molar-refractivity contribution < 1.29 is 14.4 Å².